The van der Waals surface area contributed by atoms with Crippen molar-refractivity contribution in [3.63, 3.8) is 0 Å². The van der Waals surface area contributed by atoms with Crippen molar-refractivity contribution in [2.45, 2.75) is 56.9 Å². The monoisotopic (exact) mass is 449 g/mol. The van der Waals surface area contributed by atoms with E-state index in [2.05, 4.69) is 50.9 Å². The molecular weight excluding hydrogens is 414 g/mol. The Labute approximate surface area is 197 Å². The lowest BCUT2D eigenvalue weighted by Crippen LogP contribution is -2.43. The van der Waals surface area contributed by atoms with Crippen LogP contribution in [-0.2, 0) is 15.6 Å². The minimum atomic E-state index is -0.291. The molecule has 5 heteroatoms. The zero-order valence-corrected chi connectivity index (χ0v) is 20.6. The van der Waals surface area contributed by atoms with Crippen LogP contribution in [0.25, 0.3) is 0 Å². The molecule has 0 radical (unpaired) electrons. The number of methoxy groups -OCH3 is 2. The van der Waals surface area contributed by atoms with E-state index >= 15 is 0 Å². The van der Waals surface area contributed by atoms with Gasteiger partial charge in [-0.15, -0.1) is 0 Å². The van der Waals surface area contributed by atoms with Gasteiger partial charge in [-0.05, 0) is 73.3 Å². The Morgan fingerprint density at radius 1 is 1.03 bits per heavy atom. The summed E-state index contributed by atoms with van der Waals surface area (Å²) in [5, 5.41) is 0. The summed E-state index contributed by atoms with van der Waals surface area (Å²) in [7, 11) is 5.48. The van der Waals surface area contributed by atoms with Crippen LogP contribution in [0.4, 0.5) is 0 Å². The van der Waals surface area contributed by atoms with Gasteiger partial charge >= 0.3 is 5.97 Å². The predicted molar refractivity (Wildman–Crippen MR) is 130 cm³/mol. The largest absolute Gasteiger partial charge is 0.493 e. The zero-order chi connectivity index (χ0) is 23.8. The maximum atomic E-state index is 12.8. The van der Waals surface area contributed by atoms with Crippen molar-refractivity contribution in [2.75, 3.05) is 27.8 Å². The molecule has 2 aliphatic rings. The van der Waals surface area contributed by atoms with Crippen LogP contribution < -0.4 is 9.47 Å². The molecule has 4 rings (SSSR count). The summed E-state index contributed by atoms with van der Waals surface area (Å²) in [5.41, 5.74) is 3.05. The number of hydrogen-bond acceptors (Lipinski definition) is 5. The molecular formula is C28H35NO4. The first kappa shape index (κ1) is 23.4. The lowest BCUT2D eigenvalue weighted by Gasteiger charge is -2.40. The Morgan fingerprint density at radius 3 is 2.36 bits per heavy atom. The fourth-order valence-corrected chi connectivity index (χ4v) is 5.25. The maximum absolute atomic E-state index is 12.8. The van der Waals surface area contributed by atoms with Gasteiger partial charge in [0.25, 0.3) is 0 Å². The fourth-order valence-electron chi connectivity index (χ4n) is 5.25. The summed E-state index contributed by atoms with van der Waals surface area (Å²) in [6.45, 7) is 7.49. The quantitative estimate of drug-likeness (QED) is 0.566. The van der Waals surface area contributed by atoms with Crippen LogP contribution >= 0.6 is 0 Å². The first-order chi connectivity index (χ1) is 15.7. The van der Waals surface area contributed by atoms with Crippen molar-refractivity contribution in [3.05, 3.63) is 71.0 Å². The van der Waals surface area contributed by atoms with Gasteiger partial charge in [-0.25, -0.2) is 4.79 Å². The average molecular weight is 450 g/mol. The lowest BCUT2D eigenvalue weighted by atomic mass is 9.68. The van der Waals surface area contributed by atoms with Crippen molar-refractivity contribution in [1.29, 1.82) is 0 Å². The first-order valence-corrected chi connectivity index (χ1v) is 11.6. The van der Waals surface area contributed by atoms with Gasteiger partial charge in [-0.1, -0.05) is 39.0 Å². The second-order valence-electron chi connectivity index (χ2n) is 10.3. The summed E-state index contributed by atoms with van der Waals surface area (Å²) in [4.78, 5) is 15.2. The summed E-state index contributed by atoms with van der Waals surface area (Å²) in [6.07, 6.45) is 4.68. The molecule has 0 bridgehead atoms. The van der Waals surface area contributed by atoms with Crippen LogP contribution in [0.1, 0.15) is 61.5 Å². The molecule has 1 saturated heterocycles. The number of likely N-dealkylation sites (N-methyl/N-ethyl adjacent to an activating group) is 1. The van der Waals surface area contributed by atoms with Gasteiger partial charge in [0.05, 0.1) is 19.8 Å². The molecule has 33 heavy (non-hydrogen) atoms. The molecule has 1 heterocycles. The molecule has 5 nitrogen and oxygen atoms in total. The van der Waals surface area contributed by atoms with Crippen molar-refractivity contribution in [2.24, 2.45) is 0 Å². The minimum absolute atomic E-state index is 0.0292. The first-order valence-electron chi connectivity index (χ1n) is 11.6. The minimum Gasteiger partial charge on any atom is -0.493 e. The Balaban J connectivity index is 1.55. The van der Waals surface area contributed by atoms with Crippen LogP contribution in [0, 0.1) is 0 Å². The topological polar surface area (TPSA) is 48.0 Å². The molecule has 2 aromatic rings. The van der Waals surface area contributed by atoms with Crippen molar-refractivity contribution in [1.82, 2.24) is 4.90 Å². The van der Waals surface area contributed by atoms with E-state index in [4.69, 9.17) is 14.2 Å². The molecule has 0 N–H and O–H groups in total. The van der Waals surface area contributed by atoms with E-state index in [1.54, 1.807) is 14.2 Å². The molecule has 0 amide bonds. The molecule has 2 unspecified atom stereocenters. The third kappa shape index (κ3) is 4.39. The molecule has 2 atom stereocenters. The number of carbonyl (C=O) groups is 1. The fraction of sp³-hybridized carbons (Fsp3) is 0.464. The number of likely N-dealkylation sites (tertiary alicyclic amines) is 1. The van der Waals surface area contributed by atoms with Crippen molar-refractivity contribution in [3.8, 4) is 11.5 Å². The van der Waals surface area contributed by atoms with Crippen molar-refractivity contribution < 1.29 is 19.0 Å². The number of nitrogens with zero attached hydrogens (tertiary/aromatic N) is 1. The van der Waals surface area contributed by atoms with Gasteiger partial charge < -0.3 is 19.1 Å². The van der Waals surface area contributed by atoms with Crippen LogP contribution in [0.5, 0.6) is 11.5 Å². The molecule has 0 saturated carbocycles. The van der Waals surface area contributed by atoms with Gasteiger partial charge in [0.1, 0.15) is 5.76 Å². The van der Waals surface area contributed by atoms with E-state index in [1.165, 1.54) is 11.1 Å². The summed E-state index contributed by atoms with van der Waals surface area (Å²) in [6, 6.07) is 14.2. The number of allylic oxidation sites excluding steroid dienone is 1. The number of rotatable bonds is 5. The molecule has 2 aromatic carbocycles. The second-order valence-corrected chi connectivity index (χ2v) is 10.3. The smallest absolute Gasteiger partial charge is 0.343 e. The number of hydrogen-bond donors (Lipinski definition) is 0. The SMILES string of the molecule is COc1ccc(C23CC=C(OC(=O)c4ccc(C(C)(C)C)cc4)CC2N(C)CC3)cc1OC. The Kier molecular flexibility index (Phi) is 6.28. The highest BCUT2D eigenvalue weighted by molar-refractivity contribution is 5.90. The molecule has 0 spiro atoms. The van der Waals surface area contributed by atoms with Crippen LogP contribution in [0.2, 0.25) is 0 Å². The van der Waals surface area contributed by atoms with Gasteiger partial charge in [0.15, 0.2) is 11.5 Å². The summed E-state index contributed by atoms with van der Waals surface area (Å²) in [5.74, 6) is 1.95. The van der Waals surface area contributed by atoms with Gasteiger partial charge in [-0.2, -0.15) is 0 Å². The Morgan fingerprint density at radius 2 is 1.73 bits per heavy atom. The van der Waals surface area contributed by atoms with Gasteiger partial charge in [0.2, 0.25) is 0 Å². The maximum Gasteiger partial charge on any atom is 0.343 e. The number of esters is 1. The molecule has 0 aromatic heterocycles. The zero-order valence-electron chi connectivity index (χ0n) is 20.6. The molecule has 176 valence electrons. The van der Waals surface area contributed by atoms with Crippen LogP contribution in [0.15, 0.2) is 54.3 Å². The van der Waals surface area contributed by atoms with E-state index in [0.717, 1.165) is 36.6 Å². The van der Waals surface area contributed by atoms with Gasteiger partial charge in [0, 0.05) is 17.9 Å². The third-order valence-electron chi connectivity index (χ3n) is 7.34. The number of carbonyl (C=O) groups excluding carboxylic acids is 1. The van der Waals surface area contributed by atoms with Crippen LogP contribution in [0.3, 0.4) is 0 Å². The predicted octanol–water partition coefficient (Wildman–Crippen LogP) is 5.48. The molecule has 1 aliphatic carbocycles. The average Bonchev–Trinajstić information content (AvgIpc) is 3.15. The number of fused-ring (bicyclic) bond motifs is 1. The van der Waals surface area contributed by atoms with E-state index in [0.29, 0.717) is 12.0 Å². The molecule has 1 fully saturated rings. The van der Waals surface area contributed by atoms with E-state index in [9.17, 15) is 4.79 Å². The van der Waals surface area contributed by atoms with Gasteiger partial charge in [-0.3, -0.25) is 0 Å². The van der Waals surface area contributed by atoms with Crippen LogP contribution in [-0.4, -0.2) is 44.7 Å². The Hall–Kier alpha value is -2.79. The summed E-state index contributed by atoms with van der Waals surface area (Å²) < 4.78 is 16.9. The second kappa shape index (κ2) is 8.86. The standard InChI is InChI=1S/C28H35NO4/c1-27(2,3)20-9-7-19(8-10-20)26(30)33-22-13-14-28(15-16-29(4)25(28)18-22)21-11-12-23(31-5)24(17-21)32-6/h7-13,17,25H,14-16,18H2,1-6H3. The lowest BCUT2D eigenvalue weighted by molar-refractivity contribution is 0.0579. The van der Waals surface area contributed by atoms with E-state index < -0.39 is 0 Å². The number of ether oxygens (including phenoxy) is 3. The Bertz CT molecular complexity index is 1050. The highest BCUT2D eigenvalue weighted by Gasteiger charge is 2.49. The molecule has 1 aliphatic heterocycles. The van der Waals surface area contributed by atoms with Crippen molar-refractivity contribution >= 4 is 5.97 Å². The van der Waals surface area contributed by atoms with E-state index in [-0.39, 0.29) is 22.8 Å². The summed E-state index contributed by atoms with van der Waals surface area (Å²) >= 11 is 0. The van der Waals surface area contributed by atoms with E-state index in [1.807, 2.05) is 30.3 Å². The highest BCUT2D eigenvalue weighted by Crippen LogP contribution is 2.49. The normalized spacial score (nSPS) is 23.0. The number of benzene rings is 2. The highest BCUT2D eigenvalue weighted by atomic mass is 16.5. The third-order valence-corrected chi connectivity index (χ3v) is 7.34.